The highest BCUT2D eigenvalue weighted by Gasteiger charge is 2.07. The van der Waals surface area contributed by atoms with Crippen LogP contribution in [0.4, 0.5) is 0 Å². The van der Waals surface area contributed by atoms with Crippen molar-refractivity contribution in [3.05, 3.63) is 95.8 Å². The number of aromatic nitrogens is 1. The van der Waals surface area contributed by atoms with Gasteiger partial charge in [0.25, 0.3) is 0 Å². The number of hydrogen-bond donors (Lipinski definition) is 0. The fourth-order valence-electron chi connectivity index (χ4n) is 2.38. The van der Waals surface area contributed by atoms with Gasteiger partial charge in [-0.3, -0.25) is 0 Å². The van der Waals surface area contributed by atoms with Gasteiger partial charge in [-0.1, -0.05) is 60.7 Å². The van der Waals surface area contributed by atoms with Crippen LogP contribution in [0.25, 0.3) is 11.6 Å². The fraction of sp³-hybridized carbons (Fsp3) is 0.0526. The zero-order valence-electron chi connectivity index (χ0n) is 11.5. The lowest BCUT2D eigenvalue weighted by Gasteiger charge is -2.10. The number of rotatable bonds is 3. The normalized spacial score (nSPS) is 11.6. The minimum atomic E-state index is 1.22. The molecule has 0 unspecified atom stereocenters. The Hall–Kier alpha value is -2.54. The molecule has 3 rings (SSSR count). The van der Waals surface area contributed by atoms with Crippen LogP contribution in [0.5, 0.6) is 0 Å². The predicted molar refractivity (Wildman–Crippen MR) is 85.3 cm³/mol. The standard InChI is InChI=1S/C19H17N/c1-20-14-8-13-19(20)18(17-11-6-3-7-12-17)15-16-9-4-2-5-10-16/h2-15H,1H3/b18-15-. The molecule has 2 aromatic carbocycles. The van der Waals surface area contributed by atoms with Crippen molar-refractivity contribution < 1.29 is 0 Å². The Kier molecular flexibility index (Phi) is 3.51. The molecule has 0 aliphatic rings. The zero-order valence-corrected chi connectivity index (χ0v) is 11.5. The van der Waals surface area contributed by atoms with Gasteiger partial charge in [-0.15, -0.1) is 0 Å². The summed E-state index contributed by atoms with van der Waals surface area (Å²) < 4.78 is 2.15. The van der Waals surface area contributed by atoms with E-state index in [4.69, 9.17) is 0 Å². The van der Waals surface area contributed by atoms with E-state index in [1.807, 2.05) is 6.07 Å². The summed E-state index contributed by atoms with van der Waals surface area (Å²) in [6, 6.07) is 25.2. The molecule has 3 aromatic rings. The van der Waals surface area contributed by atoms with E-state index in [1.165, 1.54) is 22.4 Å². The third-order valence-corrected chi connectivity index (χ3v) is 3.42. The van der Waals surface area contributed by atoms with Gasteiger partial charge in [0.2, 0.25) is 0 Å². The lowest BCUT2D eigenvalue weighted by molar-refractivity contribution is 0.910. The molecule has 0 bridgehead atoms. The van der Waals surface area contributed by atoms with E-state index in [9.17, 15) is 0 Å². The molecule has 0 radical (unpaired) electrons. The highest BCUT2D eigenvalue weighted by molar-refractivity contribution is 5.90. The Labute approximate surface area is 119 Å². The molecule has 0 atom stereocenters. The molecule has 0 fully saturated rings. The van der Waals surface area contributed by atoms with E-state index >= 15 is 0 Å². The molecule has 0 saturated carbocycles. The Balaban J connectivity index is 2.15. The Morgan fingerprint density at radius 1 is 0.800 bits per heavy atom. The average molecular weight is 259 g/mol. The van der Waals surface area contributed by atoms with E-state index < -0.39 is 0 Å². The third kappa shape index (κ3) is 2.57. The van der Waals surface area contributed by atoms with Gasteiger partial charge in [0.1, 0.15) is 0 Å². The first-order valence-corrected chi connectivity index (χ1v) is 6.78. The van der Waals surface area contributed by atoms with Crippen LogP contribution < -0.4 is 0 Å². The molecule has 0 amide bonds. The van der Waals surface area contributed by atoms with E-state index in [2.05, 4.69) is 90.6 Å². The smallest absolute Gasteiger partial charge is 0.0483 e. The van der Waals surface area contributed by atoms with Crippen molar-refractivity contribution in [3.63, 3.8) is 0 Å². The Bertz CT molecular complexity index is 706. The Morgan fingerprint density at radius 3 is 2.05 bits per heavy atom. The van der Waals surface area contributed by atoms with Gasteiger partial charge in [0.15, 0.2) is 0 Å². The van der Waals surface area contributed by atoms with Crippen molar-refractivity contribution in [2.45, 2.75) is 0 Å². The second kappa shape index (κ2) is 5.62. The maximum absolute atomic E-state index is 2.24. The van der Waals surface area contributed by atoms with Gasteiger partial charge in [-0.05, 0) is 29.3 Å². The predicted octanol–water partition coefficient (Wildman–Crippen LogP) is 4.61. The van der Waals surface area contributed by atoms with Crippen LogP contribution in [0.15, 0.2) is 79.0 Å². The van der Waals surface area contributed by atoms with Crippen LogP contribution in [0.2, 0.25) is 0 Å². The van der Waals surface area contributed by atoms with Crippen molar-refractivity contribution in [2.24, 2.45) is 7.05 Å². The zero-order chi connectivity index (χ0) is 13.8. The first kappa shape index (κ1) is 12.5. The van der Waals surface area contributed by atoms with Crippen LogP contribution >= 0.6 is 0 Å². The molecule has 1 nitrogen and oxygen atoms in total. The molecule has 98 valence electrons. The molecule has 0 aliphatic carbocycles. The van der Waals surface area contributed by atoms with Gasteiger partial charge in [-0.2, -0.15) is 0 Å². The van der Waals surface area contributed by atoms with Crippen molar-refractivity contribution >= 4 is 11.6 Å². The van der Waals surface area contributed by atoms with Crippen LogP contribution in [0.1, 0.15) is 16.8 Å². The maximum atomic E-state index is 2.24. The van der Waals surface area contributed by atoms with E-state index in [1.54, 1.807) is 0 Å². The summed E-state index contributed by atoms with van der Waals surface area (Å²) in [6.07, 6.45) is 4.32. The topological polar surface area (TPSA) is 4.93 Å². The summed E-state index contributed by atoms with van der Waals surface area (Å²) in [5.74, 6) is 0. The number of benzene rings is 2. The maximum Gasteiger partial charge on any atom is 0.0483 e. The van der Waals surface area contributed by atoms with Gasteiger partial charge in [0, 0.05) is 24.5 Å². The molecule has 0 aliphatic heterocycles. The summed E-state index contributed by atoms with van der Waals surface area (Å²) in [7, 11) is 2.08. The van der Waals surface area contributed by atoms with Crippen LogP contribution in [0, 0.1) is 0 Å². The van der Waals surface area contributed by atoms with Crippen LogP contribution in [-0.2, 0) is 7.05 Å². The van der Waals surface area contributed by atoms with Crippen molar-refractivity contribution in [1.29, 1.82) is 0 Å². The average Bonchev–Trinajstić information content (AvgIpc) is 2.93. The van der Waals surface area contributed by atoms with Gasteiger partial charge in [0.05, 0.1) is 0 Å². The van der Waals surface area contributed by atoms with Gasteiger partial charge < -0.3 is 4.57 Å². The van der Waals surface area contributed by atoms with Crippen molar-refractivity contribution in [3.8, 4) is 0 Å². The van der Waals surface area contributed by atoms with Crippen LogP contribution in [0.3, 0.4) is 0 Å². The second-order valence-electron chi connectivity index (χ2n) is 4.84. The number of hydrogen-bond acceptors (Lipinski definition) is 0. The van der Waals surface area contributed by atoms with Crippen LogP contribution in [-0.4, -0.2) is 4.57 Å². The molecular formula is C19H17N. The number of aryl methyl sites for hydroxylation is 1. The second-order valence-corrected chi connectivity index (χ2v) is 4.84. The highest BCUT2D eigenvalue weighted by Crippen LogP contribution is 2.25. The van der Waals surface area contributed by atoms with E-state index in [0.717, 1.165) is 0 Å². The highest BCUT2D eigenvalue weighted by atomic mass is 14.9. The molecule has 1 heterocycles. The lowest BCUT2D eigenvalue weighted by Crippen LogP contribution is -1.96. The molecule has 0 saturated heterocycles. The third-order valence-electron chi connectivity index (χ3n) is 3.42. The summed E-state index contributed by atoms with van der Waals surface area (Å²) in [4.78, 5) is 0. The number of nitrogens with zero attached hydrogens (tertiary/aromatic N) is 1. The van der Waals surface area contributed by atoms with Crippen molar-refractivity contribution in [1.82, 2.24) is 4.57 Å². The molecule has 1 heteroatoms. The largest absolute Gasteiger partial charge is 0.351 e. The van der Waals surface area contributed by atoms with E-state index in [0.29, 0.717) is 0 Å². The van der Waals surface area contributed by atoms with Gasteiger partial charge in [-0.25, -0.2) is 0 Å². The minimum Gasteiger partial charge on any atom is -0.351 e. The molecular weight excluding hydrogens is 242 g/mol. The summed E-state index contributed by atoms with van der Waals surface area (Å²) in [5.41, 5.74) is 4.91. The summed E-state index contributed by atoms with van der Waals surface area (Å²) in [6.45, 7) is 0. The van der Waals surface area contributed by atoms with Gasteiger partial charge >= 0.3 is 0 Å². The van der Waals surface area contributed by atoms with E-state index in [-0.39, 0.29) is 0 Å². The first-order chi connectivity index (χ1) is 9.84. The minimum absolute atomic E-state index is 1.22. The van der Waals surface area contributed by atoms with Crippen molar-refractivity contribution in [2.75, 3.05) is 0 Å². The SMILES string of the molecule is Cn1cccc1/C(=C\c1ccccc1)c1ccccc1. The monoisotopic (exact) mass is 259 g/mol. The summed E-state index contributed by atoms with van der Waals surface area (Å²) >= 11 is 0. The molecule has 0 N–H and O–H groups in total. The fourth-order valence-corrected chi connectivity index (χ4v) is 2.38. The quantitative estimate of drug-likeness (QED) is 0.605. The molecule has 1 aromatic heterocycles. The lowest BCUT2D eigenvalue weighted by atomic mass is 10.00. The first-order valence-electron chi connectivity index (χ1n) is 6.78. The molecule has 20 heavy (non-hydrogen) atoms. The molecule has 0 spiro atoms. The Morgan fingerprint density at radius 2 is 1.45 bits per heavy atom. The summed E-state index contributed by atoms with van der Waals surface area (Å²) in [5, 5.41) is 0.